The molecule has 2 nitrogen and oxygen atoms in total. The molecule has 0 fully saturated rings. The molecule has 0 aromatic carbocycles. The van der Waals surface area contributed by atoms with Crippen LogP contribution >= 0.6 is 0 Å². The normalized spacial score (nSPS) is 21.9. The fraction of sp³-hybridized carbons (Fsp3) is 0.458. The predicted molar refractivity (Wildman–Crippen MR) is 110 cm³/mol. The lowest BCUT2D eigenvalue weighted by Crippen LogP contribution is -2.27. The number of allylic oxidation sites excluding steroid dienone is 5. The molecule has 1 aromatic heterocycles. The van der Waals surface area contributed by atoms with Crippen molar-refractivity contribution in [2.24, 2.45) is 17.8 Å². The zero-order chi connectivity index (χ0) is 18.5. The Morgan fingerprint density at radius 2 is 2.08 bits per heavy atom. The number of hydrogen-bond donors (Lipinski definition) is 1. The van der Waals surface area contributed by atoms with Gasteiger partial charge in [0.05, 0.1) is 0 Å². The summed E-state index contributed by atoms with van der Waals surface area (Å²) in [5.41, 5.74) is 6.60. The number of aryl methyl sites for hydroxylation is 1. The molecule has 0 bridgehead atoms. The molecule has 1 aliphatic carbocycles. The Kier molecular flexibility index (Phi) is 6.13. The first-order valence-electron chi connectivity index (χ1n) is 9.96. The summed E-state index contributed by atoms with van der Waals surface area (Å²) in [7, 11) is 0. The Hall–Kier alpha value is -2.09. The number of nitrogens with one attached hydrogen (secondary N) is 1. The van der Waals surface area contributed by atoms with Crippen LogP contribution in [0.15, 0.2) is 72.2 Å². The molecule has 1 N–H and O–H groups in total. The van der Waals surface area contributed by atoms with Gasteiger partial charge < -0.3 is 5.32 Å². The van der Waals surface area contributed by atoms with Gasteiger partial charge >= 0.3 is 0 Å². The maximum Gasteiger partial charge on any atom is 0.0406 e. The summed E-state index contributed by atoms with van der Waals surface area (Å²) in [6.07, 6.45) is 13.3. The Morgan fingerprint density at radius 1 is 1.23 bits per heavy atom. The minimum atomic E-state index is 0.490. The molecule has 1 aliphatic heterocycles. The van der Waals surface area contributed by atoms with Crippen molar-refractivity contribution in [3.05, 3.63) is 77.9 Å². The smallest absolute Gasteiger partial charge is 0.0406 e. The van der Waals surface area contributed by atoms with E-state index in [1.165, 1.54) is 23.4 Å². The summed E-state index contributed by atoms with van der Waals surface area (Å²) in [6, 6.07) is 6.10. The highest BCUT2D eigenvalue weighted by Gasteiger charge is 2.32. The van der Waals surface area contributed by atoms with Crippen molar-refractivity contribution in [3.63, 3.8) is 0 Å². The third-order valence-electron chi connectivity index (χ3n) is 5.64. The number of fused-ring (bicyclic) bond motifs is 1. The van der Waals surface area contributed by atoms with Crippen molar-refractivity contribution >= 4 is 0 Å². The Labute approximate surface area is 158 Å². The van der Waals surface area contributed by atoms with Crippen molar-refractivity contribution < 1.29 is 0 Å². The minimum absolute atomic E-state index is 0.490. The average Bonchev–Trinajstić information content (AvgIpc) is 3.06. The maximum absolute atomic E-state index is 4.39. The minimum Gasteiger partial charge on any atom is -0.363 e. The molecule has 1 aromatic rings. The van der Waals surface area contributed by atoms with E-state index >= 15 is 0 Å². The van der Waals surface area contributed by atoms with Gasteiger partial charge in [0.2, 0.25) is 0 Å². The number of pyridine rings is 1. The molecule has 0 saturated carbocycles. The van der Waals surface area contributed by atoms with E-state index in [9.17, 15) is 0 Å². The monoisotopic (exact) mass is 348 g/mol. The van der Waals surface area contributed by atoms with Crippen molar-refractivity contribution in [1.82, 2.24) is 10.3 Å². The van der Waals surface area contributed by atoms with Crippen LogP contribution in [0.2, 0.25) is 0 Å². The van der Waals surface area contributed by atoms with Crippen molar-refractivity contribution in [3.8, 4) is 0 Å². The molecule has 26 heavy (non-hydrogen) atoms. The van der Waals surface area contributed by atoms with Gasteiger partial charge in [-0.3, -0.25) is 4.98 Å². The largest absolute Gasteiger partial charge is 0.363 e. The van der Waals surface area contributed by atoms with Crippen molar-refractivity contribution in [1.29, 1.82) is 0 Å². The third kappa shape index (κ3) is 4.75. The van der Waals surface area contributed by atoms with Crippen molar-refractivity contribution in [2.75, 3.05) is 0 Å². The molecule has 0 saturated heterocycles. The maximum atomic E-state index is 4.39. The number of aromatic nitrogens is 1. The zero-order valence-corrected chi connectivity index (χ0v) is 16.3. The van der Waals surface area contributed by atoms with Gasteiger partial charge in [0.25, 0.3) is 0 Å². The van der Waals surface area contributed by atoms with Crippen LogP contribution in [0.5, 0.6) is 0 Å². The molecule has 2 heteroatoms. The highest BCUT2D eigenvalue weighted by atomic mass is 14.9. The van der Waals surface area contributed by atoms with Crippen LogP contribution in [0.4, 0.5) is 0 Å². The first-order chi connectivity index (χ1) is 12.5. The molecule has 2 aliphatic rings. The van der Waals surface area contributed by atoms with Gasteiger partial charge in [0.15, 0.2) is 0 Å². The van der Waals surface area contributed by atoms with Gasteiger partial charge in [-0.2, -0.15) is 0 Å². The lowest BCUT2D eigenvalue weighted by molar-refractivity contribution is 0.501. The standard InChI is InChI=1S/C24H32N2/c1-17(2)20-14-21-15-23(26-19(4)24(21)16-20)10-7-8-18(3)11-12-22-9-5-6-13-25-22/h5-6,9,13,15-17,21,24,26H,3-4,7-8,10-12,14H2,1-2H3. The third-order valence-corrected chi connectivity index (χ3v) is 5.64. The summed E-state index contributed by atoms with van der Waals surface area (Å²) < 4.78 is 0. The quantitative estimate of drug-likeness (QED) is 0.586. The molecule has 0 spiro atoms. The Bertz CT molecular complexity index is 709. The van der Waals surface area contributed by atoms with E-state index < -0.39 is 0 Å². The second-order valence-electron chi connectivity index (χ2n) is 8.06. The summed E-state index contributed by atoms with van der Waals surface area (Å²) >= 11 is 0. The second-order valence-corrected chi connectivity index (χ2v) is 8.06. The highest BCUT2D eigenvalue weighted by molar-refractivity contribution is 5.32. The van der Waals surface area contributed by atoms with E-state index in [-0.39, 0.29) is 0 Å². The van der Waals surface area contributed by atoms with E-state index in [0.29, 0.717) is 17.8 Å². The molecule has 138 valence electrons. The lowest BCUT2D eigenvalue weighted by atomic mass is 9.87. The topological polar surface area (TPSA) is 24.9 Å². The summed E-state index contributed by atoms with van der Waals surface area (Å²) in [4.78, 5) is 4.39. The Morgan fingerprint density at radius 3 is 2.81 bits per heavy atom. The van der Waals surface area contributed by atoms with Crippen LogP contribution in [0, 0.1) is 17.8 Å². The average molecular weight is 349 g/mol. The summed E-state index contributed by atoms with van der Waals surface area (Å²) in [5.74, 6) is 1.75. The molecule has 2 heterocycles. The fourth-order valence-corrected chi connectivity index (χ4v) is 4.01. The van der Waals surface area contributed by atoms with Gasteiger partial charge in [-0.1, -0.05) is 56.4 Å². The van der Waals surface area contributed by atoms with E-state index in [1.807, 2.05) is 12.3 Å². The van der Waals surface area contributed by atoms with Crippen LogP contribution in [-0.4, -0.2) is 4.98 Å². The van der Waals surface area contributed by atoms with Crippen LogP contribution in [0.25, 0.3) is 0 Å². The van der Waals surface area contributed by atoms with Gasteiger partial charge in [0.1, 0.15) is 0 Å². The molecule has 2 unspecified atom stereocenters. The molecule has 0 amide bonds. The molecular formula is C24H32N2. The van der Waals surface area contributed by atoms with E-state index in [0.717, 1.165) is 37.8 Å². The van der Waals surface area contributed by atoms with Crippen LogP contribution < -0.4 is 5.32 Å². The molecular weight excluding hydrogens is 316 g/mol. The van der Waals surface area contributed by atoms with Crippen LogP contribution in [-0.2, 0) is 6.42 Å². The van der Waals surface area contributed by atoms with Crippen LogP contribution in [0.1, 0.15) is 51.6 Å². The highest BCUT2D eigenvalue weighted by Crippen LogP contribution is 2.41. The van der Waals surface area contributed by atoms with Gasteiger partial charge in [0, 0.05) is 29.2 Å². The van der Waals surface area contributed by atoms with E-state index in [1.54, 1.807) is 5.57 Å². The van der Waals surface area contributed by atoms with Gasteiger partial charge in [-0.25, -0.2) is 0 Å². The molecule has 2 atom stereocenters. The van der Waals surface area contributed by atoms with Crippen LogP contribution in [0.3, 0.4) is 0 Å². The predicted octanol–water partition coefficient (Wildman–Crippen LogP) is 5.96. The first kappa shape index (κ1) is 18.7. The zero-order valence-electron chi connectivity index (χ0n) is 16.3. The summed E-state index contributed by atoms with van der Waals surface area (Å²) in [5, 5.41) is 3.56. The molecule has 3 rings (SSSR count). The van der Waals surface area contributed by atoms with E-state index in [4.69, 9.17) is 0 Å². The molecule has 0 radical (unpaired) electrons. The lowest BCUT2D eigenvalue weighted by Gasteiger charge is -2.28. The summed E-state index contributed by atoms with van der Waals surface area (Å²) in [6.45, 7) is 13.1. The van der Waals surface area contributed by atoms with Gasteiger partial charge in [-0.15, -0.1) is 0 Å². The van der Waals surface area contributed by atoms with Gasteiger partial charge in [-0.05, 0) is 62.5 Å². The number of rotatable bonds is 8. The first-order valence-corrected chi connectivity index (χ1v) is 9.96. The second kappa shape index (κ2) is 8.53. The number of hydrogen-bond acceptors (Lipinski definition) is 2. The van der Waals surface area contributed by atoms with E-state index in [2.05, 4.69) is 61.6 Å². The Balaban J connectivity index is 1.43. The number of nitrogens with zero attached hydrogens (tertiary/aromatic N) is 1. The van der Waals surface area contributed by atoms with Crippen molar-refractivity contribution in [2.45, 2.75) is 52.4 Å². The SMILES string of the molecule is C=C(CCCC1=CC2CC(C(C)C)=CC2C(=C)N1)CCc1ccccn1. The fourth-order valence-electron chi connectivity index (χ4n) is 4.01.